The van der Waals surface area contributed by atoms with E-state index in [4.69, 9.17) is 19.4 Å². The van der Waals surface area contributed by atoms with Gasteiger partial charge in [-0.3, -0.25) is 0 Å². The normalized spacial score (nSPS) is 11.5. The third-order valence-corrected chi connectivity index (χ3v) is 10.9. The first-order chi connectivity index (χ1) is 28.2. The van der Waals surface area contributed by atoms with Crippen molar-refractivity contribution >= 4 is 43.5 Å². The van der Waals surface area contributed by atoms with Crippen molar-refractivity contribution in [1.82, 2.24) is 15.0 Å². The fraction of sp³-hybridized carbons (Fsp3) is 0. The van der Waals surface area contributed by atoms with E-state index in [2.05, 4.69) is 164 Å². The van der Waals surface area contributed by atoms with Crippen molar-refractivity contribution in [3.63, 3.8) is 0 Å². The molecule has 0 atom stereocenters. The first-order valence-corrected chi connectivity index (χ1v) is 19.2. The van der Waals surface area contributed by atoms with E-state index in [1.165, 1.54) is 27.3 Å². The maximum atomic E-state index is 6.72. The summed E-state index contributed by atoms with van der Waals surface area (Å²) in [6, 6.07) is 69.9. The van der Waals surface area contributed by atoms with Gasteiger partial charge in [-0.2, -0.15) is 0 Å². The summed E-state index contributed by atoms with van der Waals surface area (Å²) in [5.74, 6) is 1.89. The topological polar surface area (TPSA) is 51.8 Å². The standard InChI is InChI=1S/C53H33N3O/c1-3-13-34(14-4-1)39-19-11-20-41(31-39)53-55-51(37-16-5-2-6-17-37)54-52(56-53)38-27-25-35(26-28-38)40-29-30-45-48-33-47(43-24-12-18-36-15-7-8-21-42(36)43)44-22-9-10-23-46(44)50(48)57-49(45)32-40/h1-33H. The Morgan fingerprint density at radius 3 is 1.56 bits per heavy atom. The molecule has 0 unspecified atom stereocenters. The number of hydrogen-bond donors (Lipinski definition) is 0. The Kier molecular flexibility index (Phi) is 7.78. The van der Waals surface area contributed by atoms with E-state index in [0.29, 0.717) is 17.5 Å². The molecule has 266 valence electrons. The monoisotopic (exact) mass is 727 g/mol. The summed E-state index contributed by atoms with van der Waals surface area (Å²) < 4.78 is 6.72. The average Bonchev–Trinajstić information content (AvgIpc) is 3.67. The molecule has 0 N–H and O–H groups in total. The second-order valence-corrected chi connectivity index (χ2v) is 14.4. The van der Waals surface area contributed by atoms with Crippen LogP contribution in [0.5, 0.6) is 0 Å². The number of fused-ring (bicyclic) bond motifs is 6. The smallest absolute Gasteiger partial charge is 0.164 e. The van der Waals surface area contributed by atoms with E-state index in [9.17, 15) is 0 Å². The van der Waals surface area contributed by atoms with Crippen LogP contribution in [0.4, 0.5) is 0 Å². The van der Waals surface area contributed by atoms with E-state index in [1.54, 1.807) is 0 Å². The van der Waals surface area contributed by atoms with Crippen LogP contribution in [0, 0.1) is 0 Å². The molecule has 0 fully saturated rings. The number of nitrogens with zero attached hydrogens (tertiary/aromatic N) is 3. The summed E-state index contributed by atoms with van der Waals surface area (Å²) >= 11 is 0. The number of benzene rings is 9. The molecule has 9 aromatic carbocycles. The first kappa shape index (κ1) is 32.7. The van der Waals surface area contributed by atoms with E-state index in [1.807, 2.05) is 36.4 Å². The molecule has 0 saturated carbocycles. The van der Waals surface area contributed by atoms with Gasteiger partial charge >= 0.3 is 0 Å². The molecule has 0 radical (unpaired) electrons. The molecule has 4 heteroatoms. The third kappa shape index (κ3) is 5.83. The van der Waals surface area contributed by atoms with Gasteiger partial charge in [0.15, 0.2) is 17.5 Å². The van der Waals surface area contributed by atoms with Gasteiger partial charge in [-0.15, -0.1) is 0 Å². The van der Waals surface area contributed by atoms with Crippen molar-refractivity contribution in [3.8, 4) is 67.5 Å². The molecular formula is C53H33N3O. The Morgan fingerprint density at radius 2 is 0.789 bits per heavy atom. The van der Waals surface area contributed by atoms with Gasteiger partial charge in [0.1, 0.15) is 11.2 Å². The molecule has 0 spiro atoms. The Morgan fingerprint density at radius 1 is 0.281 bits per heavy atom. The molecule has 0 bridgehead atoms. The summed E-state index contributed by atoms with van der Waals surface area (Å²) in [7, 11) is 0. The molecule has 0 aliphatic rings. The lowest BCUT2D eigenvalue weighted by atomic mass is 9.92. The van der Waals surface area contributed by atoms with Gasteiger partial charge in [0, 0.05) is 32.8 Å². The highest BCUT2D eigenvalue weighted by Crippen LogP contribution is 2.42. The van der Waals surface area contributed by atoms with Crippen LogP contribution in [-0.4, -0.2) is 15.0 Å². The zero-order valence-electron chi connectivity index (χ0n) is 30.8. The van der Waals surface area contributed by atoms with E-state index in [0.717, 1.165) is 66.3 Å². The van der Waals surface area contributed by atoms with Gasteiger partial charge < -0.3 is 4.42 Å². The highest BCUT2D eigenvalue weighted by molar-refractivity contribution is 6.20. The molecule has 57 heavy (non-hydrogen) atoms. The minimum absolute atomic E-state index is 0.622. The van der Waals surface area contributed by atoms with Crippen molar-refractivity contribution in [2.45, 2.75) is 0 Å². The molecule has 0 amide bonds. The molecule has 11 rings (SSSR count). The quantitative estimate of drug-likeness (QED) is 0.171. The van der Waals surface area contributed by atoms with Crippen molar-refractivity contribution in [3.05, 3.63) is 200 Å². The minimum atomic E-state index is 0.622. The molecule has 0 aliphatic carbocycles. The van der Waals surface area contributed by atoms with Crippen molar-refractivity contribution < 1.29 is 4.42 Å². The van der Waals surface area contributed by atoms with Crippen LogP contribution < -0.4 is 0 Å². The van der Waals surface area contributed by atoms with Crippen LogP contribution in [0.1, 0.15) is 0 Å². The molecule has 11 aromatic rings. The summed E-state index contributed by atoms with van der Waals surface area (Å²) in [6.45, 7) is 0. The molecule has 2 heterocycles. The van der Waals surface area contributed by atoms with Crippen molar-refractivity contribution in [2.24, 2.45) is 0 Å². The van der Waals surface area contributed by atoms with Gasteiger partial charge in [0.05, 0.1) is 0 Å². The lowest BCUT2D eigenvalue weighted by Gasteiger charge is -2.11. The first-order valence-electron chi connectivity index (χ1n) is 19.2. The second-order valence-electron chi connectivity index (χ2n) is 14.4. The largest absolute Gasteiger partial charge is 0.455 e. The SMILES string of the molecule is c1ccc(-c2cccc(-c3nc(-c4ccccc4)nc(-c4ccc(-c5ccc6c(c5)oc5c7ccccc7c(-c7cccc8ccccc78)cc65)cc4)n3)c2)cc1. The van der Waals surface area contributed by atoms with Crippen LogP contribution in [0.3, 0.4) is 0 Å². The van der Waals surface area contributed by atoms with Crippen LogP contribution in [0.2, 0.25) is 0 Å². The zero-order valence-corrected chi connectivity index (χ0v) is 30.8. The zero-order chi connectivity index (χ0) is 37.7. The Labute approximate surface area is 329 Å². The predicted molar refractivity (Wildman–Crippen MR) is 235 cm³/mol. The van der Waals surface area contributed by atoms with E-state index in [-0.39, 0.29) is 0 Å². The number of hydrogen-bond acceptors (Lipinski definition) is 4. The highest BCUT2D eigenvalue weighted by atomic mass is 16.3. The van der Waals surface area contributed by atoms with Gasteiger partial charge in [-0.1, -0.05) is 176 Å². The second kappa shape index (κ2) is 13.6. The Bertz CT molecular complexity index is 3270. The molecule has 2 aromatic heterocycles. The van der Waals surface area contributed by atoms with Crippen LogP contribution >= 0.6 is 0 Å². The molecular weight excluding hydrogens is 695 g/mol. The summed E-state index contributed by atoms with van der Waals surface area (Å²) in [6.07, 6.45) is 0. The van der Waals surface area contributed by atoms with Crippen molar-refractivity contribution in [1.29, 1.82) is 0 Å². The average molecular weight is 728 g/mol. The molecule has 0 aliphatic heterocycles. The molecule has 0 saturated heterocycles. The maximum absolute atomic E-state index is 6.72. The summed E-state index contributed by atoms with van der Waals surface area (Å²) in [5.41, 5.74) is 11.4. The van der Waals surface area contributed by atoms with Gasteiger partial charge in [-0.25, -0.2) is 15.0 Å². The Balaban J connectivity index is 0.984. The fourth-order valence-electron chi connectivity index (χ4n) is 8.09. The lowest BCUT2D eigenvalue weighted by Crippen LogP contribution is -2.00. The van der Waals surface area contributed by atoms with Gasteiger partial charge in [0.25, 0.3) is 0 Å². The Hall–Kier alpha value is -7.69. The molecule has 4 nitrogen and oxygen atoms in total. The maximum Gasteiger partial charge on any atom is 0.164 e. The number of aromatic nitrogens is 3. The van der Waals surface area contributed by atoms with Crippen molar-refractivity contribution in [2.75, 3.05) is 0 Å². The minimum Gasteiger partial charge on any atom is -0.455 e. The predicted octanol–water partition coefficient (Wildman–Crippen LogP) is 14.1. The number of furan rings is 1. The summed E-state index contributed by atoms with van der Waals surface area (Å²) in [4.78, 5) is 15.0. The van der Waals surface area contributed by atoms with Gasteiger partial charge in [-0.05, 0) is 73.8 Å². The van der Waals surface area contributed by atoms with Gasteiger partial charge in [0.2, 0.25) is 0 Å². The highest BCUT2D eigenvalue weighted by Gasteiger charge is 2.18. The van der Waals surface area contributed by atoms with E-state index >= 15 is 0 Å². The van der Waals surface area contributed by atoms with Crippen LogP contribution in [0.25, 0.3) is 111 Å². The van der Waals surface area contributed by atoms with Crippen LogP contribution in [0.15, 0.2) is 205 Å². The van der Waals surface area contributed by atoms with Crippen LogP contribution in [-0.2, 0) is 0 Å². The fourth-order valence-corrected chi connectivity index (χ4v) is 8.09. The third-order valence-electron chi connectivity index (χ3n) is 10.9. The van der Waals surface area contributed by atoms with E-state index < -0.39 is 0 Å². The summed E-state index contributed by atoms with van der Waals surface area (Å²) in [5, 5.41) is 6.97. The number of rotatable bonds is 6. The lowest BCUT2D eigenvalue weighted by molar-refractivity contribution is 0.673.